The first-order valence-corrected chi connectivity index (χ1v) is 12.6. The molecule has 0 radical (unpaired) electrons. The maximum atomic E-state index is 12.9. The topological polar surface area (TPSA) is 46.9 Å². The number of hydrogen-bond acceptors (Lipinski definition) is 3. The van der Waals surface area contributed by atoms with Crippen LogP contribution in [0.4, 0.5) is 0 Å². The average molecular weight is 456 g/mol. The molecule has 1 fully saturated rings. The lowest BCUT2D eigenvalue weighted by Gasteiger charge is -2.26. The molecule has 6 heteroatoms. The van der Waals surface area contributed by atoms with E-state index in [9.17, 15) is 4.79 Å². The number of aromatic nitrogens is 2. The van der Waals surface area contributed by atoms with E-state index in [1.807, 2.05) is 30.3 Å². The number of amides is 1. The van der Waals surface area contributed by atoms with Crippen molar-refractivity contribution in [2.45, 2.75) is 64.8 Å². The quantitative estimate of drug-likeness (QED) is 0.380. The summed E-state index contributed by atoms with van der Waals surface area (Å²) in [7, 11) is 0. The number of carbonyl (C=O) groups excluding carboxylic acids is 1. The molecule has 0 bridgehead atoms. The Kier molecular flexibility index (Phi) is 7.13. The van der Waals surface area contributed by atoms with Gasteiger partial charge >= 0.3 is 0 Å². The maximum Gasteiger partial charge on any atom is 0.253 e. The molecule has 0 unspecified atom stereocenters. The van der Waals surface area contributed by atoms with Gasteiger partial charge in [-0.15, -0.1) is 11.3 Å². The molecule has 3 aromatic rings. The van der Waals surface area contributed by atoms with Gasteiger partial charge in [0.15, 0.2) is 0 Å². The number of rotatable bonds is 7. The summed E-state index contributed by atoms with van der Waals surface area (Å²) in [5.74, 6) is 0.0170. The molecular formula is C25H30ClN3OS. The monoisotopic (exact) mass is 455 g/mol. The second kappa shape index (κ2) is 10.0. The van der Waals surface area contributed by atoms with Gasteiger partial charge in [-0.05, 0) is 38.3 Å². The minimum atomic E-state index is 0.0170. The minimum Gasteiger partial charge on any atom is -0.352 e. The van der Waals surface area contributed by atoms with Gasteiger partial charge in [0.2, 0.25) is 0 Å². The van der Waals surface area contributed by atoms with Crippen molar-refractivity contribution >= 4 is 28.8 Å². The first-order valence-electron chi connectivity index (χ1n) is 11.3. The largest absolute Gasteiger partial charge is 0.352 e. The zero-order valence-electron chi connectivity index (χ0n) is 18.3. The number of unbranched alkanes of at least 4 members (excludes halogenated alkanes) is 1. The van der Waals surface area contributed by atoms with Crippen molar-refractivity contribution < 1.29 is 4.79 Å². The number of nitrogens with zero attached hydrogens (tertiary/aromatic N) is 2. The molecule has 2 aromatic heterocycles. The summed E-state index contributed by atoms with van der Waals surface area (Å²) in [6.07, 6.45) is 8.14. The number of thiazole rings is 1. The molecule has 1 amide bonds. The van der Waals surface area contributed by atoms with Crippen LogP contribution in [-0.4, -0.2) is 22.0 Å². The molecule has 31 heavy (non-hydrogen) atoms. The SMILES string of the molecule is CCCCNC(=O)c1cc(-c2csc(-c3ccccc3Cl)n2)n(C2CCCCC2)c1C. The smallest absolute Gasteiger partial charge is 0.253 e. The summed E-state index contributed by atoms with van der Waals surface area (Å²) in [6, 6.07) is 10.3. The molecule has 4 nitrogen and oxygen atoms in total. The lowest BCUT2D eigenvalue weighted by Crippen LogP contribution is -2.25. The van der Waals surface area contributed by atoms with Crippen LogP contribution in [0, 0.1) is 6.92 Å². The highest BCUT2D eigenvalue weighted by atomic mass is 35.5. The normalized spacial score (nSPS) is 14.7. The highest BCUT2D eigenvalue weighted by Gasteiger charge is 2.26. The van der Waals surface area contributed by atoms with Crippen molar-refractivity contribution in [1.82, 2.24) is 14.9 Å². The second-order valence-corrected chi connectivity index (χ2v) is 9.58. The first-order chi connectivity index (χ1) is 15.1. The third-order valence-corrected chi connectivity index (χ3v) is 7.37. The van der Waals surface area contributed by atoms with Crippen LogP contribution >= 0.6 is 22.9 Å². The fourth-order valence-electron chi connectivity index (χ4n) is 4.48. The predicted octanol–water partition coefficient (Wildman–Crippen LogP) is 7.28. The van der Waals surface area contributed by atoms with Gasteiger partial charge in [-0.25, -0.2) is 4.98 Å². The number of nitrogens with one attached hydrogen (secondary N) is 1. The third kappa shape index (κ3) is 4.73. The van der Waals surface area contributed by atoms with Crippen LogP contribution in [0.25, 0.3) is 22.0 Å². The van der Waals surface area contributed by atoms with Crippen LogP contribution in [0.1, 0.15) is 74.0 Å². The van der Waals surface area contributed by atoms with Gasteiger partial charge in [0.25, 0.3) is 5.91 Å². The van der Waals surface area contributed by atoms with Crippen molar-refractivity contribution in [2.24, 2.45) is 0 Å². The fraction of sp³-hybridized carbons (Fsp3) is 0.440. The van der Waals surface area contributed by atoms with Crippen LogP contribution < -0.4 is 5.32 Å². The van der Waals surface area contributed by atoms with Crippen molar-refractivity contribution in [2.75, 3.05) is 6.54 Å². The lowest BCUT2D eigenvalue weighted by atomic mass is 9.95. The van der Waals surface area contributed by atoms with Gasteiger partial charge in [0.05, 0.1) is 22.0 Å². The Balaban J connectivity index is 1.73. The van der Waals surface area contributed by atoms with Crippen LogP contribution in [0.5, 0.6) is 0 Å². The van der Waals surface area contributed by atoms with Gasteiger partial charge in [-0.3, -0.25) is 4.79 Å². The Hall–Kier alpha value is -2.11. The van der Waals surface area contributed by atoms with E-state index in [0.717, 1.165) is 58.9 Å². The van der Waals surface area contributed by atoms with Gasteiger partial charge < -0.3 is 9.88 Å². The number of halogens is 1. The predicted molar refractivity (Wildman–Crippen MR) is 130 cm³/mol. The standard InChI is InChI=1S/C25H30ClN3OS/c1-3-4-14-27-24(30)20-15-23(29(17(20)2)18-10-6-5-7-11-18)22-16-31-25(28-22)19-12-8-9-13-21(19)26/h8-9,12-13,15-16,18H,3-7,10-11,14H2,1-2H3,(H,27,30). The highest BCUT2D eigenvalue weighted by molar-refractivity contribution is 7.13. The molecule has 1 aliphatic carbocycles. The van der Waals surface area contributed by atoms with Gasteiger partial charge in [-0.2, -0.15) is 0 Å². The molecule has 0 atom stereocenters. The summed E-state index contributed by atoms with van der Waals surface area (Å²) >= 11 is 8.00. The Morgan fingerprint density at radius 3 is 2.77 bits per heavy atom. The molecular weight excluding hydrogens is 426 g/mol. The molecule has 164 valence electrons. The van der Waals surface area contributed by atoms with E-state index in [-0.39, 0.29) is 5.91 Å². The Morgan fingerprint density at radius 2 is 2.03 bits per heavy atom. The zero-order valence-corrected chi connectivity index (χ0v) is 19.9. The fourth-order valence-corrected chi connectivity index (χ4v) is 5.62. The van der Waals surface area contributed by atoms with E-state index in [4.69, 9.17) is 16.6 Å². The molecule has 1 saturated carbocycles. The maximum absolute atomic E-state index is 12.9. The summed E-state index contributed by atoms with van der Waals surface area (Å²) in [6.45, 7) is 4.92. The molecule has 0 spiro atoms. The van der Waals surface area contributed by atoms with Crippen molar-refractivity contribution in [1.29, 1.82) is 0 Å². The Bertz CT molecular complexity index is 1050. The molecule has 0 aliphatic heterocycles. The average Bonchev–Trinajstić information content (AvgIpc) is 3.39. The summed E-state index contributed by atoms with van der Waals surface area (Å²) < 4.78 is 2.37. The van der Waals surface area contributed by atoms with Crippen molar-refractivity contribution in [3.8, 4) is 22.0 Å². The molecule has 1 aromatic carbocycles. The summed E-state index contributed by atoms with van der Waals surface area (Å²) in [5.41, 5.74) is 4.72. The number of hydrogen-bond donors (Lipinski definition) is 1. The Morgan fingerprint density at radius 1 is 1.26 bits per heavy atom. The van der Waals surface area contributed by atoms with Gasteiger partial charge in [0, 0.05) is 29.2 Å². The van der Waals surface area contributed by atoms with Crippen LogP contribution in [0.3, 0.4) is 0 Å². The summed E-state index contributed by atoms with van der Waals surface area (Å²) in [4.78, 5) is 17.9. The van der Waals surface area contributed by atoms with E-state index in [2.05, 4.69) is 29.1 Å². The second-order valence-electron chi connectivity index (χ2n) is 8.32. The van der Waals surface area contributed by atoms with E-state index in [0.29, 0.717) is 17.6 Å². The van der Waals surface area contributed by atoms with E-state index in [1.165, 1.54) is 19.3 Å². The minimum absolute atomic E-state index is 0.0170. The number of carbonyl (C=O) groups is 1. The summed E-state index contributed by atoms with van der Waals surface area (Å²) in [5, 5.41) is 6.79. The van der Waals surface area contributed by atoms with Gasteiger partial charge in [-0.1, -0.05) is 62.4 Å². The molecule has 1 N–H and O–H groups in total. The van der Waals surface area contributed by atoms with Crippen LogP contribution in [0.2, 0.25) is 5.02 Å². The molecule has 2 heterocycles. The van der Waals surface area contributed by atoms with E-state index in [1.54, 1.807) is 11.3 Å². The van der Waals surface area contributed by atoms with Crippen molar-refractivity contribution in [3.05, 3.63) is 52.0 Å². The van der Waals surface area contributed by atoms with E-state index >= 15 is 0 Å². The highest BCUT2D eigenvalue weighted by Crippen LogP contribution is 2.38. The van der Waals surface area contributed by atoms with Crippen LogP contribution in [-0.2, 0) is 0 Å². The Labute approximate surface area is 193 Å². The third-order valence-electron chi connectivity index (χ3n) is 6.16. The first kappa shape index (κ1) is 22.1. The molecule has 1 aliphatic rings. The zero-order chi connectivity index (χ0) is 21.8. The van der Waals surface area contributed by atoms with Crippen LogP contribution in [0.15, 0.2) is 35.7 Å². The molecule has 0 saturated heterocycles. The molecule has 4 rings (SSSR count). The number of benzene rings is 1. The van der Waals surface area contributed by atoms with Crippen molar-refractivity contribution in [3.63, 3.8) is 0 Å². The lowest BCUT2D eigenvalue weighted by molar-refractivity contribution is 0.0952. The van der Waals surface area contributed by atoms with Gasteiger partial charge in [0.1, 0.15) is 5.01 Å². The van der Waals surface area contributed by atoms with E-state index < -0.39 is 0 Å².